The lowest BCUT2D eigenvalue weighted by Gasteiger charge is -2.50. The summed E-state index contributed by atoms with van der Waals surface area (Å²) in [6, 6.07) is 17.7. The summed E-state index contributed by atoms with van der Waals surface area (Å²) in [7, 11) is 3.60. The van der Waals surface area contributed by atoms with E-state index >= 15 is 0 Å². The molecule has 22 heavy (non-hydrogen) atoms. The van der Waals surface area contributed by atoms with Crippen LogP contribution in [0.1, 0.15) is 12.0 Å². The van der Waals surface area contributed by atoms with Crippen molar-refractivity contribution in [2.75, 3.05) is 32.1 Å². The second-order valence-corrected chi connectivity index (χ2v) is 5.63. The first kappa shape index (κ1) is 14.9. The van der Waals surface area contributed by atoms with Gasteiger partial charge in [0.05, 0.1) is 7.11 Å². The Morgan fingerprint density at radius 3 is 2.32 bits per heavy atom. The molecule has 1 unspecified atom stereocenters. The summed E-state index contributed by atoms with van der Waals surface area (Å²) >= 11 is 0. The molecule has 0 spiro atoms. The van der Waals surface area contributed by atoms with Crippen molar-refractivity contribution in [1.82, 2.24) is 4.90 Å². The normalized spacial score (nSPS) is 22.6. The van der Waals surface area contributed by atoms with Gasteiger partial charge in [-0.1, -0.05) is 18.2 Å². The van der Waals surface area contributed by atoms with E-state index in [-0.39, 0.29) is 0 Å². The molecule has 0 saturated carbocycles. The standard InChI is InChI=1S/C18H22N2O2/c1-19-13-6-14-20(16-7-4-3-5-8-16)18(19,21)15-9-11-17(22-2)12-10-15/h3-5,7-12,21H,6,13-14H2,1-2H3. The van der Waals surface area contributed by atoms with E-state index in [9.17, 15) is 5.11 Å². The summed E-state index contributed by atoms with van der Waals surface area (Å²) in [5.74, 6) is -0.358. The van der Waals surface area contributed by atoms with Crippen LogP contribution in [0.2, 0.25) is 0 Å². The zero-order valence-electron chi connectivity index (χ0n) is 13.1. The first-order valence-electron chi connectivity index (χ1n) is 7.57. The van der Waals surface area contributed by atoms with E-state index in [0.29, 0.717) is 0 Å². The number of aliphatic hydroxyl groups is 1. The largest absolute Gasteiger partial charge is 0.497 e. The molecule has 1 fully saturated rings. The Labute approximate surface area is 131 Å². The van der Waals surface area contributed by atoms with Gasteiger partial charge in [-0.2, -0.15) is 0 Å². The van der Waals surface area contributed by atoms with Gasteiger partial charge >= 0.3 is 0 Å². The second kappa shape index (κ2) is 5.99. The molecule has 1 aliphatic heterocycles. The summed E-state index contributed by atoms with van der Waals surface area (Å²) in [5.41, 5.74) is 1.87. The van der Waals surface area contributed by atoms with Crippen LogP contribution in [0.3, 0.4) is 0 Å². The summed E-state index contributed by atoms with van der Waals surface area (Å²) < 4.78 is 5.22. The van der Waals surface area contributed by atoms with Gasteiger partial charge in [0.1, 0.15) is 5.75 Å². The van der Waals surface area contributed by atoms with Crippen molar-refractivity contribution in [1.29, 1.82) is 0 Å². The molecule has 1 atom stereocenters. The van der Waals surface area contributed by atoms with E-state index in [1.54, 1.807) is 7.11 Å². The van der Waals surface area contributed by atoms with Crippen molar-refractivity contribution in [3.05, 3.63) is 60.2 Å². The van der Waals surface area contributed by atoms with Crippen molar-refractivity contribution in [2.45, 2.75) is 12.3 Å². The summed E-state index contributed by atoms with van der Waals surface area (Å²) in [6.07, 6.45) is 1.02. The molecule has 0 radical (unpaired) electrons. The lowest BCUT2D eigenvalue weighted by Crippen LogP contribution is -2.61. The maximum absolute atomic E-state index is 11.5. The number of para-hydroxylation sites is 1. The molecule has 1 saturated heterocycles. The minimum absolute atomic E-state index is 0.789. The van der Waals surface area contributed by atoms with Crippen molar-refractivity contribution in [2.24, 2.45) is 0 Å². The third-order valence-electron chi connectivity index (χ3n) is 4.33. The van der Waals surface area contributed by atoms with E-state index in [0.717, 1.165) is 36.5 Å². The van der Waals surface area contributed by atoms with Gasteiger partial charge in [-0.3, -0.25) is 4.90 Å². The fourth-order valence-corrected chi connectivity index (χ4v) is 3.09. The summed E-state index contributed by atoms with van der Waals surface area (Å²) in [4.78, 5) is 4.05. The monoisotopic (exact) mass is 298 g/mol. The average Bonchev–Trinajstić information content (AvgIpc) is 2.58. The van der Waals surface area contributed by atoms with Crippen molar-refractivity contribution in [3.63, 3.8) is 0 Å². The number of ether oxygens (including phenoxy) is 1. The van der Waals surface area contributed by atoms with Gasteiger partial charge in [0.2, 0.25) is 5.85 Å². The highest BCUT2D eigenvalue weighted by Gasteiger charge is 2.43. The molecule has 0 aromatic heterocycles. The maximum Gasteiger partial charge on any atom is 0.225 e. The number of hydrogen-bond acceptors (Lipinski definition) is 4. The molecule has 0 bridgehead atoms. The Balaban J connectivity index is 2.04. The van der Waals surface area contributed by atoms with Gasteiger partial charge in [-0.25, -0.2) is 0 Å². The highest BCUT2D eigenvalue weighted by Crippen LogP contribution is 2.36. The third kappa shape index (κ3) is 2.45. The number of methoxy groups -OCH3 is 1. The van der Waals surface area contributed by atoms with Crippen LogP contribution in [0.4, 0.5) is 5.69 Å². The topological polar surface area (TPSA) is 35.9 Å². The number of rotatable bonds is 3. The molecule has 1 N–H and O–H groups in total. The van der Waals surface area contributed by atoms with E-state index in [2.05, 4.69) is 4.90 Å². The van der Waals surface area contributed by atoms with Crippen LogP contribution < -0.4 is 9.64 Å². The van der Waals surface area contributed by atoms with Gasteiger partial charge in [0.25, 0.3) is 0 Å². The highest BCUT2D eigenvalue weighted by molar-refractivity contribution is 5.50. The Kier molecular flexibility index (Phi) is 4.05. The van der Waals surface area contributed by atoms with Gasteiger partial charge < -0.3 is 14.7 Å². The number of nitrogens with zero attached hydrogens (tertiary/aromatic N) is 2. The average molecular weight is 298 g/mol. The Morgan fingerprint density at radius 1 is 1.00 bits per heavy atom. The molecule has 4 nitrogen and oxygen atoms in total. The van der Waals surface area contributed by atoms with Crippen LogP contribution in [0.5, 0.6) is 5.75 Å². The number of anilines is 1. The van der Waals surface area contributed by atoms with Gasteiger partial charge in [-0.15, -0.1) is 0 Å². The van der Waals surface area contributed by atoms with Crippen LogP contribution in [0, 0.1) is 0 Å². The molecule has 1 aliphatic rings. The molecule has 4 heteroatoms. The van der Waals surface area contributed by atoms with E-state index in [4.69, 9.17) is 4.74 Å². The molecular weight excluding hydrogens is 276 g/mol. The lowest BCUT2D eigenvalue weighted by atomic mass is 10.0. The van der Waals surface area contributed by atoms with Crippen molar-refractivity contribution < 1.29 is 9.84 Å². The Hall–Kier alpha value is -2.04. The molecule has 1 heterocycles. The molecular formula is C18H22N2O2. The Bertz CT molecular complexity index is 615. The van der Waals surface area contributed by atoms with E-state index in [1.165, 1.54) is 0 Å². The molecule has 116 valence electrons. The first-order valence-corrected chi connectivity index (χ1v) is 7.57. The zero-order chi connectivity index (χ0) is 15.6. The predicted octanol–water partition coefficient (Wildman–Crippen LogP) is 2.64. The van der Waals surface area contributed by atoms with Crippen molar-refractivity contribution in [3.8, 4) is 5.75 Å². The molecule has 2 aromatic rings. The maximum atomic E-state index is 11.5. The quantitative estimate of drug-likeness (QED) is 0.945. The van der Waals surface area contributed by atoms with Crippen LogP contribution >= 0.6 is 0 Å². The highest BCUT2D eigenvalue weighted by atomic mass is 16.5. The van der Waals surface area contributed by atoms with Crippen molar-refractivity contribution >= 4 is 5.69 Å². The molecule has 3 rings (SSSR count). The number of hydrogen-bond donors (Lipinski definition) is 1. The summed E-state index contributed by atoms with van der Waals surface area (Å²) in [6.45, 7) is 1.67. The lowest BCUT2D eigenvalue weighted by molar-refractivity contribution is -0.118. The second-order valence-electron chi connectivity index (χ2n) is 5.63. The molecule has 0 amide bonds. The fraction of sp³-hybridized carbons (Fsp3) is 0.333. The van der Waals surface area contributed by atoms with Crippen LogP contribution in [0.25, 0.3) is 0 Å². The minimum atomic E-state index is -1.15. The van der Waals surface area contributed by atoms with Crippen LogP contribution in [-0.2, 0) is 5.85 Å². The SMILES string of the molecule is COc1ccc(C2(O)N(C)CCCN2c2ccccc2)cc1. The molecule has 2 aromatic carbocycles. The van der Waals surface area contributed by atoms with E-state index in [1.807, 2.05) is 66.5 Å². The predicted molar refractivity (Wildman–Crippen MR) is 87.9 cm³/mol. The molecule has 0 aliphatic carbocycles. The van der Waals surface area contributed by atoms with Gasteiger partial charge in [-0.05, 0) is 49.9 Å². The van der Waals surface area contributed by atoms with Crippen LogP contribution in [0.15, 0.2) is 54.6 Å². The van der Waals surface area contributed by atoms with E-state index < -0.39 is 5.85 Å². The number of benzene rings is 2. The van der Waals surface area contributed by atoms with Gasteiger partial charge in [0, 0.05) is 24.3 Å². The Morgan fingerprint density at radius 2 is 1.68 bits per heavy atom. The third-order valence-corrected chi connectivity index (χ3v) is 4.33. The smallest absolute Gasteiger partial charge is 0.225 e. The first-order chi connectivity index (χ1) is 10.7. The van der Waals surface area contributed by atoms with Gasteiger partial charge in [0.15, 0.2) is 0 Å². The fourth-order valence-electron chi connectivity index (χ4n) is 3.09. The minimum Gasteiger partial charge on any atom is -0.497 e. The zero-order valence-corrected chi connectivity index (χ0v) is 13.1. The summed E-state index contributed by atoms with van der Waals surface area (Å²) in [5, 5.41) is 11.5. The van der Waals surface area contributed by atoms with Crippen LogP contribution in [-0.4, -0.2) is 37.3 Å².